The zero-order valence-electron chi connectivity index (χ0n) is 14.4. The van der Waals surface area contributed by atoms with E-state index in [2.05, 4.69) is 31.2 Å². The summed E-state index contributed by atoms with van der Waals surface area (Å²) in [7, 11) is 0. The number of nitrogens with one attached hydrogen (secondary N) is 1. The van der Waals surface area contributed by atoms with E-state index in [1.165, 1.54) is 24.5 Å². The summed E-state index contributed by atoms with van der Waals surface area (Å²) in [6, 6.07) is 6.66. The van der Waals surface area contributed by atoms with Crippen molar-refractivity contribution >= 4 is 22.6 Å². The maximum absolute atomic E-state index is 11.3. The van der Waals surface area contributed by atoms with Crippen LogP contribution in [-0.4, -0.2) is 44.0 Å². The number of amides is 1. The van der Waals surface area contributed by atoms with E-state index in [0.29, 0.717) is 12.0 Å². The van der Waals surface area contributed by atoms with Crippen LogP contribution in [0.1, 0.15) is 29.0 Å². The molecule has 1 saturated carbocycles. The summed E-state index contributed by atoms with van der Waals surface area (Å²) < 4.78 is 4.77. The van der Waals surface area contributed by atoms with Crippen molar-refractivity contribution in [3.8, 4) is 0 Å². The minimum absolute atomic E-state index is 0.249. The highest BCUT2D eigenvalue weighted by Crippen LogP contribution is 2.50. The predicted molar refractivity (Wildman–Crippen MR) is 94.1 cm³/mol. The summed E-state index contributed by atoms with van der Waals surface area (Å²) in [6.45, 7) is 1.06. The second-order valence-electron chi connectivity index (χ2n) is 7.18. The van der Waals surface area contributed by atoms with Crippen LogP contribution in [0.25, 0.3) is 11.0 Å². The molecule has 0 bridgehead atoms. The quantitative estimate of drug-likeness (QED) is 0.516. The lowest BCUT2D eigenvalue weighted by Gasteiger charge is -2.61. The Bertz CT molecular complexity index is 988. The van der Waals surface area contributed by atoms with Crippen molar-refractivity contribution in [2.24, 2.45) is 11.8 Å². The number of anilines is 1. The molecule has 0 radical (unpaired) electrons. The molecule has 3 unspecified atom stereocenters. The fraction of sp³-hybridized carbons (Fsp3) is 0.389. The van der Waals surface area contributed by atoms with Gasteiger partial charge in [-0.2, -0.15) is 0 Å². The van der Waals surface area contributed by atoms with Crippen LogP contribution in [0, 0.1) is 11.8 Å². The van der Waals surface area contributed by atoms with E-state index >= 15 is 0 Å². The molecule has 9 heteroatoms. The molecule has 2 aliphatic rings. The Morgan fingerprint density at radius 3 is 2.81 bits per heavy atom. The van der Waals surface area contributed by atoms with Gasteiger partial charge in [-0.05, 0) is 53.2 Å². The standard InChI is InChI=1S/C18H18N6O3/c25-18(21-26)11-7-19-17(20-8-11)4-1-10-5-16-13(10)9-24(16)12-2-3-14-15(6-12)23-27-22-14/h2-3,6-8,10,13,16,26H,1,4-5,9H2,(H,21,25). The van der Waals surface area contributed by atoms with Crippen LogP contribution in [0.15, 0.2) is 35.2 Å². The van der Waals surface area contributed by atoms with Gasteiger partial charge in [-0.15, -0.1) is 0 Å². The smallest absolute Gasteiger partial charge is 0.277 e. The van der Waals surface area contributed by atoms with Crippen molar-refractivity contribution in [1.29, 1.82) is 0 Å². The topological polar surface area (TPSA) is 117 Å². The minimum atomic E-state index is -0.600. The molecule has 1 aliphatic heterocycles. The Balaban J connectivity index is 1.15. The summed E-state index contributed by atoms with van der Waals surface area (Å²) >= 11 is 0. The molecule has 1 aliphatic carbocycles. The van der Waals surface area contributed by atoms with Gasteiger partial charge in [0, 0.05) is 37.1 Å². The van der Waals surface area contributed by atoms with Gasteiger partial charge < -0.3 is 4.90 Å². The fourth-order valence-electron chi connectivity index (χ4n) is 4.19. The summed E-state index contributed by atoms with van der Waals surface area (Å²) in [5.74, 6) is 1.54. The van der Waals surface area contributed by atoms with Gasteiger partial charge in [0.15, 0.2) is 0 Å². The maximum atomic E-state index is 11.3. The molecule has 2 N–H and O–H groups in total. The third kappa shape index (κ3) is 2.71. The van der Waals surface area contributed by atoms with Crippen molar-refractivity contribution in [1.82, 2.24) is 25.8 Å². The van der Waals surface area contributed by atoms with Crippen molar-refractivity contribution in [3.63, 3.8) is 0 Å². The molecule has 27 heavy (non-hydrogen) atoms. The molecule has 2 aromatic heterocycles. The first-order valence-electron chi connectivity index (χ1n) is 8.97. The number of benzene rings is 1. The van der Waals surface area contributed by atoms with E-state index in [0.717, 1.165) is 42.2 Å². The highest BCUT2D eigenvalue weighted by Gasteiger charge is 2.52. The fourth-order valence-corrected chi connectivity index (χ4v) is 4.19. The lowest BCUT2D eigenvalue weighted by Crippen LogP contribution is -2.67. The van der Waals surface area contributed by atoms with Gasteiger partial charge in [0.05, 0.1) is 5.56 Å². The summed E-state index contributed by atoms with van der Waals surface area (Å²) in [5.41, 5.74) is 4.58. The molecule has 138 valence electrons. The molecular weight excluding hydrogens is 348 g/mol. The van der Waals surface area contributed by atoms with Gasteiger partial charge in [-0.1, -0.05) is 0 Å². The molecule has 3 heterocycles. The van der Waals surface area contributed by atoms with E-state index in [1.54, 1.807) is 5.48 Å². The van der Waals surface area contributed by atoms with Crippen LogP contribution < -0.4 is 10.4 Å². The van der Waals surface area contributed by atoms with E-state index in [-0.39, 0.29) is 5.56 Å². The number of carbonyl (C=O) groups is 1. The molecule has 1 saturated heterocycles. The number of hydrogen-bond acceptors (Lipinski definition) is 8. The third-order valence-corrected chi connectivity index (χ3v) is 5.83. The Morgan fingerprint density at radius 2 is 2.07 bits per heavy atom. The van der Waals surface area contributed by atoms with Crippen LogP contribution in [0.5, 0.6) is 0 Å². The van der Waals surface area contributed by atoms with Gasteiger partial charge in [-0.25, -0.2) is 20.1 Å². The SMILES string of the molecule is O=C(NO)c1cnc(CCC2CC3C2CN3c2ccc3nonc3c2)nc1. The van der Waals surface area contributed by atoms with Crippen LogP contribution in [0.3, 0.4) is 0 Å². The number of fused-ring (bicyclic) bond motifs is 2. The maximum Gasteiger partial charge on any atom is 0.277 e. The summed E-state index contributed by atoms with van der Waals surface area (Å²) in [4.78, 5) is 22.1. The Kier molecular flexibility index (Phi) is 3.75. The van der Waals surface area contributed by atoms with Gasteiger partial charge in [0.25, 0.3) is 5.91 Å². The molecule has 1 amide bonds. The lowest BCUT2D eigenvalue weighted by molar-refractivity contribution is 0.0560. The Morgan fingerprint density at radius 1 is 1.26 bits per heavy atom. The monoisotopic (exact) mass is 366 g/mol. The first-order valence-corrected chi connectivity index (χ1v) is 8.97. The van der Waals surface area contributed by atoms with Crippen LogP contribution >= 0.6 is 0 Å². The van der Waals surface area contributed by atoms with E-state index in [9.17, 15) is 4.79 Å². The van der Waals surface area contributed by atoms with Gasteiger partial charge in [0.2, 0.25) is 0 Å². The summed E-state index contributed by atoms with van der Waals surface area (Å²) in [6.07, 6.45) is 5.90. The molecule has 0 spiro atoms. The summed E-state index contributed by atoms with van der Waals surface area (Å²) in [5, 5.41) is 16.4. The van der Waals surface area contributed by atoms with Crippen molar-refractivity contribution < 1.29 is 14.6 Å². The van der Waals surface area contributed by atoms with Crippen LogP contribution in [0.4, 0.5) is 5.69 Å². The molecular formula is C18H18N6O3. The number of carbonyl (C=O) groups excluding carboxylic acids is 1. The molecule has 2 fully saturated rings. The zero-order valence-corrected chi connectivity index (χ0v) is 14.4. The molecule has 5 rings (SSSR count). The first-order chi connectivity index (χ1) is 13.2. The second-order valence-corrected chi connectivity index (χ2v) is 7.18. The number of aryl methyl sites for hydroxylation is 1. The highest BCUT2D eigenvalue weighted by molar-refractivity contribution is 5.92. The Hall–Kier alpha value is -3.07. The van der Waals surface area contributed by atoms with Crippen molar-refractivity contribution in [2.45, 2.75) is 25.3 Å². The predicted octanol–water partition coefficient (Wildman–Crippen LogP) is 1.59. The molecule has 3 atom stereocenters. The van der Waals surface area contributed by atoms with Crippen molar-refractivity contribution in [3.05, 3.63) is 42.0 Å². The van der Waals surface area contributed by atoms with Crippen LogP contribution in [-0.2, 0) is 6.42 Å². The molecule has 1 aromatic carbocycles. The second kappa shape index (κ2) is 6.27. The van der Waals surface area contributed by atoms with E-state index in [1.807, 2.05) is 12.1 Å². The van der Waals surface area contributed by atoms with E-state index < -0.39 is 5.91 Å². The van der Waals surface area contributed by atoms with Gasteiger partial charge in [-0.3, -0.25) is 10.0 Å². The average Bonchev–Trinajstić information content (AvgIpc) is 3.16. The van der Waals surface area contributed by atoms with Crippen molar-refractivity contribution in [2.75, 3.05) is 11.4 Å². The number of hydroxylamine groups is 1. The highest BCUT2D eigenvalue weighted by atomic mass is 16.6. The number of piperidine rings is 1. The normalized spacial score (nSPS) is 23.4. The molecule has 3 aromatic rings. The minimum Gasteiger partial charge on any atom is -0.368 e. The number of nitrogens with zero attached hydrogens (tertiary/aromatic N) is 5. The van der Waals surface area contributed by atoms with Gasteiger partial charge in [0.1, 0.15) is 16.9 Å². The van der Waals surface area contributed by atoms with Gasteiger partial charge >= 0.3 is 0 Å². The average molecular weight is 366 g/mol. The van der Waals surface area contributed by atoms with Crippen LogP contribution in [0.2, 0.25) is 0 Å². The number of aromatic nitrogens is 4. The Labute approximate surface area is 154 Å². The zero-order chi connectivity index (χ0) is 18.4. The lowest BCUT2D eigenvalue weighted by atomic mass is 9.61. The molecule has 9 nitrogen and oxygen atoms in total. The first kappa shape index (κ1) is 16.1. The van der Waals surface area contributed by atoms with E-state index in [4.69, 9.17) is 9.84 Å². The largest absolute Gasteiger partial charge is 0.368 e. The third-order valence-electron chi connectivity index (χ3n) is 5.83. The number of rotatable bonds is 5. The number of hydrogen-bond donors (Lipinski definition) is 2.